The molecule has 1 N–H and O–H groups in total. The van der Waals surface area contributed by atoms with Crippen LogP contribution < -0.4 is 10.1 Å². The van der Waals surface area contributed by atoms with Gasteiger partial charge in [-0.25, -0.2) is 4.98 Å². The van der Waals surface area contributed by atoms with Crippen molar-refractivity contribution in [3.8, 4) is 17.0 Å². The van der Waals surface area contributed by atoms with Gasteiger partial charge in [-0.15, -0.1) is 11.3 Å². The van der Waals surface area contributed by atoms with Gasteiger partial charge in [-0.05, 0) is 37.3 Å². The monoisotopic (exact) mass is 393 g/mol. The Labute approximate surface area is 158 Å². The number of rotatable bonds is 5. The number of carbonyl (C=O) groups excluding carboxylic acids is 1. The van der Waals surface area contributed by atoms with E-state index >= 15 is 0 Å². The first kappa shape index (κ1) is 17.7. The zero-order valence-corrected chi connectivity index (χ0v) is 15.4. The van der Waals surface area contributed by atoms with Crippen molar-refractivity contribution in [3.63, 3.8) is 0 Å². The van der Waals surface area contributed by atoms with Crippen molar-refractivity contribution in [1.82, 2.24) is 9.97 Å². The van der Waals surface area contributed by atoms with Crippen LogP contribution in [0.5, 0.6) is 5.75 Å². The maximum Gasteiger partial charge on any atom is 0.266 e. The van der Waals surface area contributed by atoms with E-state index in [4.69, 9.17) is 27.9 Å². The van der Waals surface area contributed by atoms with Crippen LogP contribution in [0.1, 0.15) is 6.92 Å². The maximum absolute atomic E-state index is 12.3. The average molecular weight is 394 g/mol. The van der Waals surface area contributed by atoms with Crippen LogP contribution in [0.4, 0.5) is 5.13 Å². The van der Waals surface area contributed by atoms with Gasteiger partial charge < -0.3 is 4.74 Å². The smallest absolute Gasteiger partial charge is 0.266 e. The zero-order chi connectivity index (χ0) is 17.8. The van der Waals surface area contributed by atoms with Crippen molar-refractivity contribution < 1.29 is 9.53 Å². The number of amides is 1. The standard InChI is InChI=1S/C17H13Cl2N3O2S/c1-10(24-15-5-4-12(18)7-13(15)19)16(23)22-17-21-14(9-25-17)11-3-2-6-20-8-11/h2-10H,1H3,(H,21,22,23). The summed E-state index contributed by atoms with van der Waals surface area (Å²) in [6.07, 6.45) is 2.67. The van der Waals surface area contributed by atoms with E-state index in [2.05, 4.69) is 15.3 Å². The van der Waals surface area contributed by atoms with Crippen molar-refractivity contribution in [2.45, 2.75) is 13.0 Å². The number of pyridine rings is 1. The molecule has 0 radical (unpaired) electrons. The van der Waals surface area contributed by atoms with Gasteiger partial charge in [-0.3, -0.25) is 15.1 Å². The van der Waals surface area contributed by atoms with Gasteiger partial charge in [0.05, 0.1) is 10.7 Å². The molecule has 0 aliphatic carbocycles. The molecule has 0 aliphatic rings. The van der Waals surface area contributed by atoms with Gasteiger partial charge in [0.15, 0.2) is 11.2 Å². The van der Waals surface area contributed by atoms with E-state index in [9.17, 15) is 4.79 Å². The lowest BCUT2D eigenvalue weighted by Crippen LogP contribution is -2.30. The Kier molecular flexibility index (Phi) is 5.53. The summed E-state index contributed by atoms with van der Waals surface area (Å²) in [5.41, 5.74) is 1.64. The van der Waals surface area contributed by atoms with Crippen LogP contribution in [0.25, 0.3) is 11.3 Å². The van der Waals surface area contributed by atoms with Crippen molar-refractivity contribution in [2.24, 2.45) is 0 Å². The van der Waals surface area contributed by atoms with Gasteiger partial charge >= 0.3 is 0 Å². The molecule has 0 saturated carbocycles. The molecular formula is C17H13Cl2N3O2S. The Morgan fingerprint density at radius 3 is 2.88 bits per heavy atom. The fraction of sp³-hybridized carbons (Fsp3) is 0.118. The zero-order valence-electron chi connectivity index (χ0n) is 13.1. The van der Waals surface area contributed by atoms with E-state index in [1.807, 2.05) is 17.5 Å². The molecule has 128 valence electrons. The second-order valence-corrected chi connectivity index (χ2v) is 6.81. The molecule has 5 nitrogen and oxygen atoms in total. The van der Waals surface area contributed by atoms with E-state index < -0.39 is 6.10 Å². The number of anilines is 1. The second-order valence-electron chi connectivity index (χ2n) is 5.10. The summed E-state index contributed by atoms with van der Waals surface area (Å²) in [6.45, 7) is 1.63. The van der Waals surface area contributed by atoms with Gasteiger partial charge in [0, 0.05) is 28.4 Å². The van der Waals surface area contributed by atoms with Crippen molar-refractivity contribution in [2.75, 3.05) is 5.32 Å². The second kappa shape index (κ2) is 7.82. The summed E-state index contributed by atoms with van der Waals surface area (Å²) in [5, 5.41) is 5.93. The number of halogens is 2. The lowest BCUT2D eigenvalue weighted by Gasteiger charge is -2.14. The minimum absolute atomic E-state index is 0.321. The van der Waals surface area contributed by atoms with Crippen LogP contribution in [0, 0.1) is 0 Å². The Hall–Kier alpha value is -2.15. The number of nitrogens with zero attached hydrogens (tertiary/aromatic N) is 2. The SMILES string of the molecule is CC(Oc1ccc(Cl)cc1Cl)C(=O)Nc1nc(-c2cccnc2)cs1. The van der Waals surface area contributed by atoms with Crippen molar-refractivity contribution >= 4 is 45.6 Å². The quantitative estimate of drug-likeness (QED) is 0.667. The molecule has 0 fully saturated rings. The highest BCUT2D eigenvalue weighted by Gasteiger charge is 2.18. The molecule has 3 rings (SSSR count). The van der Waals surface area contributed by atoms with Crippen LogP contribution in [-0.2, 0) is 4.79 Å². The number of nitrogens with one attached hydrogen (secondary N) is 1. The Morgan fingerprint density at radius 1 is 1.32 bits per heavy atom. The molecular weight excluding hydrogens is 381 g/mol. The molecule has 2 heterocycles. The predicted octanol–water partition coefficient (Wildman–Crippen LogP) is 4.92. The minimum Gasteiger partial charge on any atom is -0.479 e. The molecule has 1 amide bonds. The van der Waals surface area contributed by atoms with Crippen molar-refractivity contribution in [1.29, 1.82) is 0 Å². The first-order valence-electron chi connectivity index (χ1n) is 7.31. The molecule has 1 aromatic carbocycles. The summed E-state index contributed by atoms with van der Waals surface area (Å²) in [4.78, 5) is 20.7. The molecule has 1 atom stereocenters. The van der Waals surface area contributed by atoms with Gasteiger partial charge in [0.1, 0.15) is 5.75 Å². The maximum atomic E-state index is 12.3. The van der Waals surface area contributed by atoms with Gasteiger partial charge in [0.25, 0.3) is 5.91 Å². The normalized spacial score (nSPS) is 11.8. The number of thiazole rings is 1. The topological polar surface area (TPSA) is 64.1 Å². The Morgan fingerprint density at radius 2 is 2.16 bits per heavy atom. The van der Waals surface area contributed by atoms with Crippen LogP contribution in [-0.4, -0.2) is 22.0 Å². The molecule has 3 aromatic rings. The highest BCUT2D eigenvalue weighted by molar-refractivity contribution is 7.14. The number of ether oxygens (including phenoxy) is 1. The molecule has 0 saturated heterocycles. The first-order chi connectivity index (χ1) is 12.0. The molecule has 1 unspecified atom stereocenters. The highest BCUT2D eigenvalue weighted by atomic mass is 35.5. The minimum atomic E-state index is -0.746. The van der Waals surface area contributed by atoms with E-state index in [0.29, 0.717) is 20.9 Å². The largest absolute Gasteiger partial charge is 0.479 e. The highest BCUT2D eigenvalue weighted by Crippen LogP contribution is 2.29. The predicted molar refractivity (Wildman–Crippen MR) is 101 cm³/mol. The summed E-state index contributed by atoms with van der Waals surface area (Å²) >= 11 is 13.2. The van der Waals surface area contributed by atoms with Crippen LogP contribution in [0.2, 0.25) is 10.0 Å². The molecule has 0 bridgehead atoms. The van der Waals surface area contributed by atoms with Gasteiger partial charge in [-0.2, -0.15) is 0 Å². The van der Waals surface area contributed by atoms with Crippen LogP contribution in [0.3, 0.4) is 0 Å². The number of hydrogen-bond donors (Lipinski definition) is 1. The third kappa shape index (κ3) is 4.48. The summed E-state index contributed by atoms with van der Waals surface area (Å²) in [6, 6.07) is 8.57. The first-order valence-corrected chi connectivity index (χ1v) is 8.95. The van der Waals surface area contributed by atoms with Gasteiger partial charge in [0.2, 0.25) is 0 Å². The fourth-order valence-electron chi connectivity index (χ4n) is 2.00. The van der Waals surface area contributed by atoms with E-state index in [1.54, 1.807) is 37.5 Å². The lowest BCUT2D eigenvalue weighted by atomic mass is 10.2. The third-order valence-corrected chi connectivity index (χ3v) is 4.55. The van der Waals surface area contributed by atoms with Gasteiger partial charge in [-0.1, -0.05) is 23.2 Å². The third-order valence-electron chi connectivity index (χ3n) is 3.26. The number of aromatic nitrogens is 2. The van der Waals surface area contributed by atoms with Crippen molar-refractivity contribution in [3.05, 3.63) is 58.2 Å². The van der Waals surface area contributed by atoms with Crippen LogP contribution in [0.15, 0.2) is 48.1 Å². The molecule has 25 heavy (non-hydrogen) atoms. The number of benzene rings is 1. The number of hydrogen-bond acceptors (Lipinski definition) is 5. The summed E-state index contributed by atoms with van der Waals surface area (Å²) in [7, 11) is 0. The molecule has 2 aromatic heterocycles. The molecule has 8 heteroatoms. The lowest BCUT2D eigenvalue weighted by molar-refractivity contribution is -0.122. The molecule has 0 spiro atoms. The fourth-order valence-corrected chi connectivity index (χ4v) is 3.18. The number of carbonyl (C=O) groups is 1. The van der Waals surface area contributed by atoms with E-state index in [-0.39, 0.29) is 5.91 Å². The summed E-state index contributed by atoms with van der Waals surface area (Å²) in [5.74, 6) is 0.0713. The van der Waals surface area contributed by atoms with Crippen LogP contribution >= 0.6 is 34.5 Å². The Balaban J connectivity index is 1.65. The van der Waals surface area contributed by atoms with E-state index in [1.165, 1.54) is 11.3 Å². The Bertz CT molecular complexity index is 887. The molecule has 0 aliphatic heterocycles. The summed E-state index contributed by atoms with van der Waals surface area (Å²) < 4.78 is 5.59. The average Bonchev–Trinajstić information content (AvgIpc) is 3.06. The van der Waals surface area contributed by atoms with E-state index in [0.717, 1.165) is 11.3 Å².